The third-order valence-electron chi connectivity index (χ3n) is 5.22. The summed E-state index contributed by atoms with van der Waals surface area (Å²) in [6.07, 6.45) is 0.0803. The number of aliphatic imine (C=N–C) groups is 2. The molecule has 2 heterocycles. The first-order chi connectivity index (χ1) is 15.0. The van der Waals surface area contributed by atoms with E-state index < -0.39 is 6.08 Å². The average Bonchev–Trinajstić information content (AvgIpc) is 2.68. The van der Waals surface area contributed by atoms with Gasteiger partial charge in [-0.2, -0.15) is 0 Å². The van der Waals surface area contributed by atoms with Crippen LogP contribution in [0.3, 0.4) is 0 Å². The van der Waals surface area contributed by atoms with Crippen LogP contribution in [0, 0.1) is 0 Å². The summed E-state index contributed by atoms with van der Waals surface area (Å²) in [5.74, 6) is -0.219. The quantitative estimate of drug-likeness (QED) is 0.358. The van der Waals surface area contributed by atoms with Crippen LogP contribution in [-0.2, 0) is 25.4 Å². The maximum Gasteiger partial charge on any atom is 0.151 e. The number of benzene rings is 2. The number of ether oxygens (including phenoxy) is 4. The molecule has 1 spiro atoms. The molecule has 0 amide bonds. The maximum atomic E-state index is 11.9. The molecule has 2 fully saturated rings. The fourth-order valence-electron chi connectivity index (χ4n) is 3.41. The fourth-order valence-corrected chi connectivity index (χ4v) is 3.41. The average molecular weight is 424 g/mol. The third kappa shape index (κ3) is 5.41. The number of hydrogen-bond acceptors (Lipinski definition) is 8. The van der Waals surface area contributed by atoms with Crippen LogP contribution in [0.25, 0.3) is 0 Å². The van der Waals surface area contributed by atoms with E-state index in [0.717, 1.165) is 17.5 Å². The van der Waals surface area contributed by atoms with Crippen LogP contribution in [0.1, 0.15) is 18.1 Å². The number of hydrogen-bond donors (Lipinski definition) is 0. The molecule has 31 heavy (non-hydrogen) atoms. The molecule has 0 aliphatic carbocycles. The molecule has 2 aromatic rings. The summed E-state index contributed by atoms with van der Waals surface area (Å²) in [7, 11) is 0. The molecular formula is C23H24N2O6-2. The van der Waals surface area contributed by atoms with E-state index in [1.54, 1.807) is 12.1 Å². The monoisotopic (exact) mass is 424 g/mol. The Bertz CT molecular complexity index is 926. The van der Waals surface area contributed by atoms with E-state index in [-0.39, 0.29) is 24.2 Å². The third-order valence-corrected chi connectivity index (χ3v) is 5.22. The van der Waals surface area contributed by atoms with Crippen molar-refractivity contribution in [1.29, 1.82) is 0 Å². The summed E-state index contributed by atoms with van der Waals surface area (Å²) in [5, 5.41) is 22.9. The molecule has 2 aliphatic rings. The highest BCUT2D eigenvalue weighted by Crippen LogP contribution is 2.36. The smallest absolute Gasteiger partial charge is 0.151 e. The zero-order valence-corrected chi connectivity index (χ0v) is 17.3. The van der Waals surface area contributed by atoms with E-state index in [1.807, 2.05) is 36.4 Å². The summed E-state index contributed by atoms with van der Waals surface area (Å²) in [4.78, 5) is 7.84. The Balaban J connectivity index is 1.21. The summed E-state index contributed by atoms with van der Waals surface area (Å²) < 4.78 is 21.5. The van der Waals surface area contributed by atoms with Crippen molar-refractivity contribution < 1.29 is 29.2 Å². The molecule has 2 saturated heterocycles. The largest absolute Gasteiger partial charge is 0.862 e. The van der Waals surface area contributed by atoms with Gasteiger partial charge in [0.05, 0.1) is 37.8 Å². The first-order valence-electron chi connectivity index (χ1n) is 10.1. The van der Waals surface area contributed by atoms with Crippen molar-refractivity contribution in [3.8, 4) is 0 Å². The van der Waals surface area contributed by atoms with Crippen LogP contribution < -0.4 is 10.2 Å². The Morgan fingerprint density at radius 2 is 1.58 bits per heavy atom. The lowest BCUT2D eigenvalue weighted by Crippen LogP contribution is -2.70. The predicted molar refractivity (Wildman–Crippen MR) is 111 cm³/mol. The van der Waals surface area contributed by atoms with Gasteiger partial charge in [0.15, 0.2) is 6.08 Å². The molecule has 1 unspecified atom stereocenters. The van der Waals surface area contributed by atoms with Crippen LogP contribution >= 0.6 is 0 Å². The van der Waals surface area contributed by atoms with Gasteiger partial charge < -0.3 is 29.2 Å². The summed E-state index contributed by atoms with van der Waals surface area (Å²) >= 11 is 0. The van der Waals surface area contributed by atoms with Crippen molar-refractivity contribution in [2.45, 2.75) is 25.0 Å². The number of nitrogens with zero attached hydrogens (tertiary/aromatic N) is 2. The molecule has 8 nitrogen and oxygen atoms in total. The molecule has 8 heteroatoms. The van der Waals surface area contributed by atoms with Gasteiger partial charge in [-0.3, -0.25) is 4.99 Å². The summed E-state index contributed by atoms with van der Waals surface area (Å²) in [5.41, 5.74) is 3.07. The highest BCUT2D eigenvalue weighted by Gasteiger charge is 2.55. The molecule has 0 radical (unpaired) electrons. The van der Waals surface area contributed by atoms with Gasteiger partial charge in [-0.15, -0.1) is 0 Å². The van der Waals surface area contributed by atoms with Gasteiger partial charge >= 0.3 is 0 Å². The highest BCUT2D eigenvalue weighted by atomic mass is 16.7. The van der Waals surface area contributed by atoms with Crippen LogP contribution in [0.4, 0.5) is 11.4 Å². The summed E-state index contributed by atoms with van der Waals surface area (Å²) in [6, 6.07) is 14.9. The Labute approximate surface area is 180 Å². The van der Waals surface area contributed by atoms with E-state index in [4.69, 9.17) is 18.9 Å². The van der Waals surface area contributed by atoms with Gasteiger partial charge in [-0.25, -0.2) is 4.99 Å². The van der Waals surface area contributed by atoms with E-state index in [9.17, 15) is 10.2 Å². The molecule has 0 N–H and O–H groups in total. The van der Waals surface area contributed by atoms with Gasteiger partial charge in [0.25, 0.3) is 0 Å². The molecule has 164 valence electrons. The van der Waals surface area contributed by atoms with E-state index in [1.165, 1.54) is 6.92 Å². The van der Waals surface area contributed by atoms with Crippen LogP contribution in [0.5, 0.6) is 0 Å². The zero-order chi connectivity index (χ0) is 21.7. The van der Waals surface area contributed by atoms with Crippen molar-refractivity contribution in [3.05, 3.63) is 59.7 Å². The zero-order valence-electron chi connectivity index (χ0n) is 17.3. The second-order valence-corrected chi connectivity index (χ2v) is 7.59. The van der Waals surface area contributed by atoms with Crippen LogP contribution in [-0.4, -0.2) is 56.7 Å². The van der Waals surface area contributed by atoms with Gasteiger partial charge in [-0.05, 0) is 54.6 Å². The Hall–Kier alpha value is -2.94. The Kier molecular flexibility index (Phi) is 6.50. The predicted octanol–water partition coefficient (Wildman–Crippen LogP) is 1.24. The van der Waals surface area contributed by atoms with Crippen molar-refractivity contribution in [1.82, 2.24) is 0 Å². The normalized spacial score (nSPS) is 20.2. The van der Waals surface area contributed by atoms with Gasteiger partial charge in [0.2, 0.25) is 0 Å². The molecule has 0 bridgehead atoms. The van der Waals surface area contributed by atoms with E-state index in [0.29, 0.717) is 37.8 Å². The highest BCUT2D eigenvalue weighted by molar-refractivity contribution is 5.72. The van der Waals surface area contributed by atoms with Gasteiger partial charge in [-0.1, -0.05) is 24.3 Å². The van der Waals surface area contributed by atoms with Crippen LogP contribution in [0.2, 0.25) is 0 Å². The van der Waals surface area contributed by atoms with E-state index >= 15 is 0 Å². The van der Waals surface area contributed by atoms with E-state index in [2.05, 4.69) is 9.98 Å². The molecule has 1 atom stereocenters. The minimum Gasteiger partial charge on any atom is -0.862 e. The standard InChI is InChI=1S/C23H26N2O6/c1-16(26)24-19-6-2-17(3-7-19)12-18-4-8-20(9-5-18)25-22(27)30-11-10-29-21-13-31-23(21)14-28-15-23/h2-9,21H,10-15H2,1H3,(H,24,26)(H,25,27)/p-2. The maximum absolute atomic E-state index is 11.9. The molecular weight excluding hydrogens is 400 g/mol. The van der Waals surface area contributed by atoms with Gasteiger partial charge in [0, 0.05) is 6.61 Å². The minimum absolute atomic E-state index is 0.00386. The van der Waals surface area contributed by atoms with Crippen LogP contribution in [0.15, 0.2) is 58.5 Å². The molecule has 2 aliphatic heterocycles. The van der Waals surface area contributed by atoms with Gasteiger partial charge in [0.1, 0.15) is 11.7 Å². The lowest BCUT2D eigenvalue weighted by Gasteiger charge is -2.53. The second kappa shape index (κ2) is 9.47. The molecule has 4 rings (SSSR count). The SMILES string of the molecule is CC([O-])=Nc1ccc(Cc2ccc(N=C([O-])OCCOC3COC34COC4)cc2)cc1. The fraction of sp³-hybridized carbons (Fsp3) is 0.391. The van der Waals surface area contributed by atoms with Crippen molar-refractivity contribution in [2.24, 2.45) is 9.98 Å². The first kappa shape index (κ1) is 21.3. The summed E-state index contributed by atoms with van der Waals surface area (Å²) in [6.45, 7) is 3.53. The lowest BCUT2D eigenvalue weighted by atomic mass is 9.89. The Morgan fingerprint density at radius 1 is 0.968 bits per heavy atom. The first-order valence-corrected chi connectivity index (χ1v) is 10.1. The molecule has 0 aromatic heterocycles. The van der Waals surface area contributed by atoms with Crippen molar-refractivity contribution in [2.75, 3.05) is 33.0 Å². The van der Waals surface area contributed by atoms with Crippen molar-refractivity contribution >= 4 is 23.4 Å². The van der Waals surface area contributed by atoms with Crippen molar-refractivity contribution in [3.63, 3.8) is 0 Å². The molecule has 2 aromatic carbocycles. The minimum atomic E-state index is -0.646. The second-order valence-electron chi connectivity index (χ2n) is 7.59. The molecule has 0 saturated carbocycles. The number of rotatable bonds is 8. The lowest BCUT2D eigenvalue weighted by molar-refractivity contribution is -0.340. The topological polar surface area (TPSA) is 108 Å². The Morgan fingerprint density at radius 3 is 2.06 bits per heavy atom.